The fourth-order valence-corrected chi connectivity index (χ4v) is 1.94. The Morgan fingerprint density at radius 1 is 1.23 bits per heavy atom. The van der Waals surface area contributed by atoms with Crippen LogP contribution in [0.2, 0.25) is 0 Å². The first-order valence-corrected chi connectivity index (χ1v) is 6.90. The molecule has 0 atom stereocenters. The molecule has 2 heterocycles. The van der Waals surface area contributed by atoms with Crippen LogP contribution in [-0.4, -0.2) is 21.1 Å². The van der Waals surface area contributed by atoms with E-state index >= 15 is 0 Å². The number of nitrogens with one attached hydrogen (secondary N) is 1. The molecule has 0 aliphatic rings. The van der Waals surface area contributed by atoms with Crippen LogP contribution >= 0.6 is 0 Å². The molecule has 6 nitrogen and oxygen atoms in total. The molecule has 3 rings (SSSR count). The zero-order valence-corrected chi connectivity index (χ0v) is 12.0. The van der Waals surface area contributed by atoms with Gasteiger partial charge in [0.05, 0.1) is 5.56 Å². The second kappa shape index (κ2) is 6.17. The molecule has 0 saturated heterocycles. The van der Waals surface area contributed by atoms with Gasteiger partial charge in [-0.05, 0) is 30.3 Å². The van der Waals surface area contributed by atoms with Gasteiger partial charge in [0, 0.05) is 30.1 Å². The first-order valence-electron chi connectivity index (χ1n) is 6.90. The molecule has 0 unspecified atom stereocenters. The number of pyridine rings is 1. The van der Waals surface area contributed by atoms with Crippen LogP contribution in [0.1, 0.15) is 23.2 Å². The van der Waals surface area contributed by atoms with Gasteiger partial charge in [-0.2, -0.15) is 0 Å². The standard InChI is InChI=1S/C16H14N4O2/c1-2-14-19-20-16(22-14)11-5-3-7-13(9-11)18-15(21)12-6-4-8-17-10-12/h3-10H,2H2,1H3,(H,18,21). The molecule has 1 N–H and O–H groups in total. The van der Waals surface area contributed by atoms with Gasteiger partial charge in [0.25, 0.3) is 5.91 Å². The van der Waals surface area contributed by atoms with Gasteiger partial charge in [-0.1, -0.05) is 13.0 Å². The summed E-state index contributed by atoms with van der Waals surface area (Å²) in [5.41, 5.74) is 1.91. The lowest BCUT2D eigenvalue weighted by atomic mass is 10.2. The third kappa shape index (κ3) is 3.01. The maximum Gasteiger partial charge on any atom is 0.257 e. The van der Waals surface area contributed by atoms with Crippen LogP contribution in [-0.2, 0) is 6.42 Å². The Hall–Kier alpha value is -3.02. The zero-order valence-electron chi connectivity index (χ0n) is 12.0. The number of aromatic nitrogens is 3. The number of benzene rings is 1. The van der Waals surface area contributed by atoms with Crippen LogP contribution in [0.15, 0.2) is 53.2 Å². The van der Waals surface area contributed by atoms with Gasteiger partial charge >= 0.3 is 0 Å². The van der Waals surface area contributed by atoms with E-state index in [-0.39, 0.29) is 5.91 Å². The number of nitrogens with zero attached hydrogens (tertiary/aromatic N) is 3. The molecule has 0 saturated carbocycles. The Bertz CT molecular complexity index is 784. The highest BCUT2D eigenvalue weighted by atomic mass is 16.4. The fourth-order valence-electron chi connectivity index (χ4n) is 1.94. The largest absolute Gasteiger partial charge is 0.421 e. The number of hydrogen-bond donors (Lipinski definition) is 1. The molecule has 110 valence electrons. The van der Waals surface area contributed by atoms with Crippen LogP contribution in [0.4, 0.5) is 5.69 Å². The number of hydrogen-bond acceptors (Lipinski definition) is 5. The summed E-state index contributed by atoms with van der Waals surface area (Å²) in [7, 11) is 0. The molecule has 3 aromatic rings. The fraction of sp³-hybridized carbons (Fsp3) is 0.125. The van der Waals surface area contributed by atoms with Crippen molar-refractivity contribution in [2.75, 3.05) is 5.32 Å². The van der Waals surface area contributed by atoms with Crippen molar-refractivity contribution < 1.29 is 9.21 Å². The molecular formula is C16H14N4O2. The maximum atomic E-state index is 12.1. The van der Waals surface area contributed by atoms with Gasteiger partial charge in [-0.3, -0.25) is 9.78 Å². The predicted molar refractivity (Wildman–Crippen MR) is 81.3 cm³/mol. The van der Waals surface area contributed by atoms with Crippen LogP contribution in [0.5, 0.6) is 0 Å². The summed E-state index contributed by atoms with van der Waals surface area (Å²) >= 11 is 0. The second-order valence-electron chi connectivity index (χ2n) is 4.63. The molecule has 1 amide bonds. The second-order valence-corrected chi connectivity index (χ2v) is 4.63. The summed E-state index contributed by atoms with van der Waals surface area (Å²) in [6.07, 6.45) is 3.83. The van der Waals surface area contributed by atoms with Crippen LogP contribution in [0.3, 0.4) is 0 Å². The van der Waals surface area contributed by atoms with Crippen LogP contribution in [0.25, 0.3) is 11.5 Å². The van der Waals surface area contributed by atoms with E-state index in [0.29, 0.717) is 29.5 Å². The average Bonchev–Trinajstić information content (AvgIpc) is 3.05. The van der Waals surface area contributed by atoms with E-state index < -0.39 is 0 Å². The van der Waals surface area contributed by atoms with Crippen molar-refractivity contribution in [2.45, 2.75) is 13.3 Å². The van der Waals surface area contributed by atoms with Crippen molar-refractivity contribution >= 4 is 11.6 Å². The summed E-state index contributed by atoms with van der Waals surface area (Å²) in [4.78, 5) is 16.0. The quantitative estimate of drug-likeness (QED) is 0.800. The number of aryl methyl sites for hydroxylation is 1. The first kappa shape index (κ1) is 13.9. The monoisotopic (exact) mass is 294 g/mol. The molecule has 22 heavy (non-hydrogen) atoms. The highest BCUT2D eigenvalue weighted by Gasteiger charge is 2.10. The summed E-state index contributed by atoms with van der Waals surface area (Å²) < 4.78 is 5.52. The number of rotatable bonds is 4. The van der Waals surface area contributed by atoms with Gasteiger partial charge in [-0.25, -0.2) is 0 Å². The molecular weight excluding hydrogens is 280 g/mol. The molecule has 2 aromatic heterocycles. The average molecular weight is 294 g/mol. The molecule has 0 bridgehead atoms. The van der Waals surface area contributed by atoms with E-state index in [1.807, 2.05) is 19.1 Å². The minimum atomic E-state index is -0.218. The Kier molecular flexibility index (Phi) is 3.91. The van der Waals surface area contributed by atoms with Crippen molar-refractivity contribution in [2.24, 2.45) is 0 Å². The topological polar surface area (TPSA) is 80.9 Å². The Balaban J connectivity index is 1.81. The zero-order chi connectivity index (χ0) is 15.4. The highest BCUT2D eigenvalue weighted by Crippen LogP contribution is 2.22. The number of carbonyl (C=O) groups is 1. The third-order valence-electron chi connectivity index (χ3n) is 3.06. The van der Waals surface area contributed by atoms with Crippen molar-refractivity contribution in [3.05, 3.63) is 60.2 Å². The van der Waals surface area contributed by atoms with Gasteiger partial charge in [0.15, 0.2) is 0 Å². The normalized spacial score (nSPS) is 10.4. The van der Waals surface area contributed by atoms with Gasteiger partial charge in [0.2, 0.25) is 11.8 Å². The molecule has 0 fully saturated rings. The lowest BCUT2D eigenvalue weighted by Crippen LogP contribution is -2.11. The van der Waals surface area contributed by atoms with E-state index in [1.54, 1.807) is 30.5 Å². The van der Waals surface area contributed by atoms with E-state index in [0.717, 1.165) is 5.56 Å². The van der Waals surface area contributed by atoms with Crippen molar-refractivity contribution in [1.82, 2.24) is 15.2 Å². The van der Waals surface area contributed by atoms with Gasteiger partial charge < -0.3 is 9.73 Å². The van der Waals surface area contributed by atoms with Crippen molar-refractivity contribution in [1.29, 1.82) is 0 Å². The maximum absolute atomic E-state index is 12.1. The molecule has 6 heteroatoms. The molecule has 1 aromatic carbocycles. The van der Waals surface area contributed by atoms with Gasteiger partial charge in [0.1, 0.15) is 0 Å². The smallest absolute Gasteiger partial charge is 0.257 e. The summed E-state index contributed by atoms with van der Waals surface area (Å²) in [6, 6.07) is 10.7. The Morgan fingerprint density at radius 2 is 2.14 bits per heavy atom. The highest BCUT2D eigenvalue weighted by molar-refractivity contribution is 6.04. The first-order chi connectivity index (χ1) is 10.8. The summed E-state index contributed by atoms with van der Waals surface area (Å²) in [5.74, 6) is 0.805. The van der Waals surface area contributed by atoms with E-state index in [4.69, 9.17) is 4.42 Å². The summed E-state index contributed by atoms with van der Waals surface area (Å²) in [5, 5.41) is 10.8. The van der Waals surface area contributed by atoms with Crippen LogP contribution < -0.4 is 5.32 Å². The predicted octanol–water partition coefficient (Wildman–Crippen LogP) is 2.95. The lowest BCUT2D eigenvalue weighted by Gasteiger charge is -2.05. The summed E-state index contributed by atoms with van der Waals surface area (Å²) in [6.45, 7) is 1.95. The minimum absolute atomic E-state index is 0.218. The molecule has 0 aliphatic carbocycles. The molecule has 0 aliphatic heterocycles. The lowest BCUT2D eigenvalue weighted by molar-refractivity contribution is 0.102. The van der Waals surface area contributed by atoms with E-state index in [9.17, 15) is 4.79 Å². The van der Waals surface area contributed by atoms with E-state index in [2.05, 4.69) is 20.5 Å². The van der Waals surface area contributed by atoms with Crippen molar-refractivity contribution in [3.8, 4) is 11.5 Å². The SMILES string of the molecule is CCc1nnc(-c2cccc(NC(=O)c3cccnc3)c2)o1. The molecule has 0 spiro atoms. The number of amides is 1. The molecule has 0 radical (unpaired) electrons. The van der Waals surface area contributed by atoms with Crippen molar-refractivity contribution in [3.63, 3.8) is 0 Å². The third-order valence-corrected chi connectivity index (χ3v) is 3.06. The van der Waals surface area contributed by atoms with Crippen LogP contribution in [0, 0.1) is 0 Å². The number of carbonyl (C=O) groups excluding carboxylic acids is 1. The number of anilines is 1. The Labute approximate surface area is 127 Å². The Morgan fingerprint density at radius 3 is 2.86 bits per heavy atom. The van der Waals surface area contributed by atoms with Gasteiger partial charge in [-0.15, -0.1) is 10.2 Å². The minimum Gasteiger partial charge on any atom is -0.421 e. The van der Waals surface area contributed by atoms with E-state index in [1.165, 1.54) is 6.20 Å².